The number of amides is 2. The van der Waals surface area contributed by atoms with Crippen LogP contribution in [0, 0.1) is 13.8 Å². The molecule has 0 spiro atoms. The molecule has 2 heterocycles. The third-order valence-electron chi connectivity index (χ3n) is 4.46. The summed E-state index contributed by atoms with van der Waals surface area (Å²) in [5.41, 5.74) is 2.97. The predicted molar refractivity (Wildman–Crippen MR) is 121 cm³/mol. The third-order valence-corrected chi connectivity index (χ3v) is 6.13. The number of hydrogen-bond donors (Lipinski definition) is 2. The Bertz CT molecular complexity index is 1150. The molecule has 0 unspecified atom stereocenters. The lowest BCUT2D eigenvalue weighted by Gasteiger charge is -2.03. The van der Waals surface area contributed by atoms with Crippen LogP contribution in [0.15, 0.2) is 48.5 Å². The summed E-state index contributed by atoms with van der Waals surface area (Å²) in [4.78, 5) is 24.8. The lowest BCUT2D eigenvalue weighted by atomic mass is 10.1. The molecule has 2 aromatic heterocycles. The molecule has 0 fully saturated rings. The van der Waals surface area contributed by atoms with Gasteiger partial charge in [-0.1, -0.05) is 59.1 Å². The molecule has 0 saturated carbocycles. The maximum atomic E-state index is 12.4. The molecule has 2 N–H and O–H groups in total. The Morgan fingerprint density at radius 1 is 0.710 bits per heavy atom. The van der Waals surface area contributed by atoms with Gasteiger partial charge in [0, 0.05) is 11.1 Å². The lowest BCUT2D eigenvalue weighted by Crippen LogP contribution is -2.12. The molecule has 8 nitrogen and oxygen atoms in total. The van der Waals surface area contributed by atoms with Gasteiger partial charge in [0.25, 0.3) is 11.8 Å². The number of benzene rings is 2. The van der Waals surface area contributed by atoms with Crippen molar-refractivity contribution < 1.29 is 9.59 Å². The zero-order chi connectivity index (χ0) is 21.8. The minimum Gasteiger partial charge on any atom is -0.296 e. The Kier molecular flexibility index (Phi) is 6.10. The molecule has 0 aliphatic rings. The number of hydrogen-bond acceptors (Lipinski definition) is 8. The first-order valence-electron chi connectivity index (χ1n) is 9.38. The van der Waals surface area contributed by atoms with Crippen molar-refractivity contribution in [3.8, 4) is 0 Å². The highest BCUT2D eigenvalue weighted by atomic mass is 32.1. The average molecular weight is 451 g/mol. The normalized spacial score (nSPS) is 10.6. The van der Waals surface area contributed by atoms with E-state index in [2.05, 4.69) is 31.0 Å². The van der Waals surface area contributed by atoms with Crippen molar-refractivity contribution in [1.29, 1.82) is 0 Å². The number of carbonyl (C=O) groups is 2. The fourth-order valence-electron chi connectivity index (χ4n) is 2.86. The first kappa shape index (κ1) is 20.8. The summed E-state index contributed by atoms with van der Waals surface area (Å²) >= 11 is 2.55. The number of anilines is 2. The van der Waals surface area contributed by atoms with Gasteiger partial charge in [-0.15, -0.1) is 20.4 Å². The van der Waals surface area contributed by atoms with Crippen LogP contribution in [0.3, 0.4) is 0 Å². The van der Waals surface area contributed by atoms with E-state index >= 15 is 0 Å². The molecule has 4 rings (SSSR count). The van der Waals surface area contributed by atoms with Crippen molar-refractivity contribution in [3.05, 3.63) is 80.8 Å². The number of carbonyl (C=O) groups excluding carboxylic acids is 2. The van der Waals surface area contributed by atoms with Gasteiger partial charge in [-0.25, -0.2) is 0 Å². The summed E-state index contributed by atoms with van der Waals surface area (Å²) < 4.78 is 0. The van der Waals surface area contributed by atoms with Crippen molar-refractivity contribution in [2.45, 2.75) is 20.3 Å². The Morgan fingerprint density at radius 3 is 1.55 bits per heavy atom. The smallest absolute Gasteiger partial charge is 0.257 e. The van der Waals surface area contributed by atoms with E-state index in [9.17, 15) is 9.59 Å². The van der Waals surface area contributed by atoms with E-state index in [-0.39, 0.29) is 11.8 Å². The Labute approximate surface area is 186 Å². The highest BCUT2D eigenvalue weighted by molar-refractivity contribution is 7.16. The SMILES string of the molecule is Cc1ccccc1C(=O)Nc1nnc(Cc2nnc(NC(=O)c3ccccc3C)s2)s1. The highest BCUT2D eigenvalue weighted by Gasteiger charge is 2.15. The van der Waals surface area contributed by atoms with E-state index in [0.29, 0.717) is 37.8 Å². The van der Waals surface area contributed by atoms with Gasteiger partial charge in [-0.2, -0.15) is 0 Å². The van der Waals surface area contributed by atoms with Crippen LogP contribution in [-0.2, 0) is 6.42 Å². The van der Waals surface area contributed by atoms with E-state index in [1.54, 1.807) is 12.1 Å². The number of aryl methyl sites for hydroxylation is 2. The summed E-state index contributed by atoms with van der Waals surface area (Å²) in [5.74, 6) is -0.448. The van der Waals surface area contributed by atoms with Gasteiger partial charge < -0.3 is 0 Å². The average Bonchev–Trinajstić information content (AvgIpc) is 3.38. The molecule has 156 valence electrons. The standard InChI is InChI=1S/C21H18N6O2S2/c1-12-7-3-5-9-14(12)18(28)22-20-26-24-16(30-20)11-17-25-27-21(31-17)23-19(29)15-10-6-4-8-13(15)2/h3-10H,11H2,1-2H3,(H,22,26,28)(H,23,27,29). The molecule has 0 bridgehead atoms. The summed E-state index contributed by atoms with van der Waals surface area (Å²) in [5, 5.41) is 24.1. The predicted octanol–water partition coefficient (Wildman–Crippen LogP) is 4.10. The zero-order valence-corrected chi connectivity index (χ0v) is 18.4. The van der Waals surface area contributed by atoms with Crippen molar-refractivity contribution in [3.63, 3.8) is 0 Å². The van der Waals surface area contributed by atoms with E-state index in [4.69, 9.17) is 0 Å². The Balaban J connectivity index is 1.38. The Hall–Kier alpha value is -3.50. The van der Waals surface area contributed by atoms with Gasteiger partial charge in [0.05, 0.1) is 6.42 Å². The van der Waals surface area contributed by atoms with Crippen LogP contribution in [0.5, 0.6) is 0 Å². The lowest BCUT2D eigenvalue weighted by molar-refractivity contribution is 0.101. The second-order valence-corrected chi connectivity index (χ2v) is 8.84. The van der Waals surface area contributed by atoms with Gasteiger partial charge in [0.2, 0.25) is 10.3 Å². The highest BCUT2D eigenvalue weighted by Crippen LogP contribution is 2.23. The second-order valence-electron chi connectivity index (χ2n) is 6.72. The zero-order valence-electron chi connectivity index (χ0n) is 16.7. The molecule has 0 atom stereocenters. The van der Waals surface area contributed by atoms with Crippen LogP contribution in [0.25, 0.3) is 0 Å². The minimum atomic E-state index is -0.224. The fourth-order valence-corrected chi connectivity index (χ4v) is 4.43. The summed E-state index contributed by atoms with van der Waals surface area (Å²) in [6.45, 7) is 3.76. The summed E-state index contributed by atoms with van der Waals surface area (Å²) in [7, 11) is 0. The molecule has 0 aliphatic heterocycles. The van der Waals surface area contributed by atoms with Gasteiger partial charge in [-0.3, -0.25) is 20.2 Å². The van der Waals surface area contributed by atoms with E-state index in [1.165, 1.54) is 22.7 Å². The topological polar surface area (TPSA) is 110 Å². The molecular weight excluding hydrogens is 432 g/mol. The third kappa shape index (κ3) is 4.98. The number of nitrogens with one attached hydrogen (secondary N) is 2. The van der Waals surface area contributed by atoms with Crippen molar-refractivity contribution >= 4 is 44.8 Å². The van der Waals surface area contributed by atoms with Crippen molar-refractivity contribution in [1.82, 2.24) is 20.4 Å². The maximum Gasteiger partial charge on any atom is 0.257 e. The largest absolute Gasteiger partial charge is 0.296 e. The fraction of sp³-hybridized carbons (Fsp3) is 0.143. The first-order valence-corrected chi connectivity index (χ1v) is 11.0. The van der Waals surface area contributed by atoms with Crippen molar-refractivity contribution in [2.75, 3.05) is 10.6 Å². The van der Waals surface area contributed by atoms with Crippen LogP contribution in [0.4, 0.5) is 10.3 Å². The van der Waals surface area contributed by atoms with E-state index < -0.39 is 0 Å². The van der Waals surface area contributed by atoms with E-state index in [1.807, 2.05) is 50.2 Å². The van der Waals surface area contributed by atoms with E-state index in [0.717, 1.165) is 11.1 Å². The minimum absolute atomic E-state index is 0.224. The quantitative estimate of drug-likeness (QED) is 0.458. The number of aromatic nitrogens is 4. The van der Waals surface area contributed by atoms with Gasteiger partial charge >= 0.3 is 0 Å². The monoisotopic (exact) mass is 450 g/mol. The molecule has 4 aromatic rings. The van der Waals surface area contributed by atoms with Crippen LogP contribution in [-0.4, -0.2) is 32.2 Å². The van der Waals surface area contributed by atoms with Crippen LogP contribution in [0.2, 0.25) is 0 Å². The van der Waals surface area contributed by atoms with Crippen LogP contribution >= 0.6 is 22.7 Å². The maximum absolute atomic E-state index is 12.4. The van der Waals surface area contributed by atoms with Crippen LogP contribution in [0.1, 0.15) is 41.9 Å². The summed E-state index contributed by atoms with van der Waals surface area (Å²) in [6.07, 6.45) is 0.413. The van der Waals surface area contributed by atoms with Gasteiger partial charge in [0.15, 0.2) is 0 Å². The molecule has 0 saturated heterocycles. The molecular formula is C21H18N6O2S2. The molecule has 10 heteroatoms. The number of rotatable bonds is 6. The molecule has 2 amide bonds. The van der Waals surface area contributed by atoms with Crippen LogP contribution < -0.4 is 10.6 Å². The molecule has 2 aromatic carbocycles. The first-order chi connectivity index (χ1) is 15.0. The van der Waals surface area contributed by atoms with Crippen molar-refractivity contribution in [2.24, 2.45) is 0 Å². The molecule has 31 heavy (non-hydrogen) atoms. The number of nitrogens with zero attached hydrogens (tertiary/aromatic N) is 4. The van der Waals surface area contributed by atoms with Gasteiger partial charge in [0.1, 0.15) is 10.0 Å². The second kappa shape index (κ2) is 9.11. The molecule has 0 aliphatic carbocycles. The Morgan fingerprint density at radius 2 is 1.13 bits per heavy atom. The van der Waals surface area contributed by atoms with Gasteiger partial charge in [-0.05, 0) is 37.1 Å². The molecule has 0 radical (unpaired) electrons. The summed E-state index contributed by atoms with van der Waals surface area (Å²) in [6, 6.07) is 14.7.